The van der Waals surface area contributed by atoms with E-state index >= 15 is 0 Å². The van der Waals surface area contributed by atoms with E-state index in [1.165, 1.54) is 0 Å². The summed E-state index contributed by atoms with van der Waals surface area (Å²) in [4.78, 5) is 0. The molecule has 0 saturated carbocycles. The average Bonchev–Trinajstić information content (AvgIpc) is 2.18. The second-order valence-electron chi connectivity index (χ2n) is 3.67. The Morgan fingerprint density at radius 3 is 2.43 bits per heavy atom. The molecular formula is C12H15NO. The van der Waals surface area contributed by atoms with Gasteiger partial charge in [-0.25, -0.2) is 0 Å². The first-order valence-electron chi connectivity index (χ1n) is 4.85. The monoisotopic (exact) mass is 189 g/mol. The SMILES string of the molecule is CC(C)CCOc1ccc(C#N)cc1. The highest BCUT2D eigenvalue weighted by Gasteiger charge is 1.96. The van der Waals surface area contributed by atoms with Gasteiger partial charge < -0.3 is 4.74 Å². The van der Waals surface area contributed by atoms with Gasteiger partial charge in [-0.3, -0.25) is 0 Å². The van der Waals surface area contributed by atoms with Crippen molar-refractivity contribution in [2.45, 2.75) is 20.3 Å². The van der Waals surface area contributed by atoms with Crippen LogP contribution in [0.3, 0.4) is 0 Å². The molecule has 74 valence electrons. The number of rotatable bonds is 4. The van der Waals surface area contributed by atoms with E-state index in [4.69, 9.17) is 10.00 Å². The van der Waals surface area contributed by atoms with E-state index in [-0.39, 0.29) is 0 Å². The lowest BCUT2D eigenvalue weighted by Gasteiger charge is -2.07. The molecular weight excluding hydrogens is 174 g/mol. The van der Waals surface area contributed by atoms with E-state index in [2.05, 4.69) is 19.9 Å². The third-order valence-corrected chi connectivity index (χ3v) is 1.95. The predicted molar refractivity (Wildman–Crippen MR) is 56.1 cm³/mol. The molecule has 1 rings (SSSR count). The van der Waals surface area contributed by atoms with Crippen LogP contribution < -0.4 is 4.74 Å². The van der Waals surface area contributed by atoms with Crippen molar-refractivity contribution in [2.24, 2.45) is 5.92 Å². The fourth-order valence-corrected chi connectivity index (χ4v) is 1.04. The van der Waals surface area contributed by atoms with Crippen molar-refractivity contribution in [1.29, 1.82) is 5.26 Å². The first kappa shape index (κ1) is 10.6. The molecule has 0 heterocycles. The van der Waals surface area contributed by atoms with Crippen LogP contribution in [0.4, 0.5) is 0 Å². The molecule has 2 heteroatoms. The van der Waals surface area contributed by atoms with Crippen LogP contribution >= 0.6 is 0 Å². The average molecular weight is 189 g/mol. The first-order valence-corrected chi connectivity index (χ1v) is 4.85. The molecule has 0 atom stereocenters. The third kappa shape index (κ3) is 3.49. The number of hydrogen-bond donors (Lipinski definition) is 0. The number of nitrogens with zero attached hydrogens (tertiary/aromatic N) is 1. The zero-order chi connectivity index (χ0) is 10.4. The van der Waals surface area contributed by atoms with Gasteiger partial charge in [0.25, 0.3) is 0 Å². The lowest BCUT2D eigenvalue weighted by Crippen LogP contribution is -2.01. The molecule has 0 aliphatic rings. The van der Waals surface area contributed by atoms with Gasteiger partial charge in [0.05, 0.1) is 18.2 Å². The van der Waals surface area contributed by atoms with Gasteiger partial charge in [-0.15, -0.1) is 0 Å². The molecule has 0 saturated heterocycles. The number of nitriles is 1. The Morgan fingerprint density at radius 1 is 1.29 bits per heavy atom. The van der Waals surface area contributed by atoms with Crippen LogP contribution in [-0.2, 0) is 0 Å². The van der Waals surface area contributed by atoms with Crippen molar-refractivity contribution >= 4 is 0 Å². The Balaban J connectivity index is 2.41. The van der Waals surface area contributed by atoms with Gasteiger partial charge in [-0.05, 0) is 36.6 Å². The van der Waals surface area contributed by atoms with Gasteiger partial charge in [0.2, 0.25) is 0 Å². The molecule has 2 nitrogen and oxygen atoms in total. The molecule has 0 bridgehead atoms. The van der Waals surface area contributed by atoms with E-state index in [0.717, 1.165) is 18.8 Å². The van der Waals surface area contributed by atoms with Crippen LogP contribution in [-0.4, -0.2) is 6.61 Å². The lowest BCUT2D eigenvalue weighted by atomic mass is 10.1. The van der Waals surface area contributed by atoms with Crippen molar-refractivity contribution in [2.75, 3.05) is 6.61 Å². The minimum Gasteiger partial charge on any atom is -0.494 e. The standard InChI is InChI=1S/C12H15NO/c1-10(2)7-8-14-12-5-3-11(9-13)4-6-12/h3-6,10H,7-8H2,1-2H3. The Kier molecular flexibility index (Phi) is 4.00. The Hall–Kier alpha value is -1.49. The van der Waals surface area contributed by atoms with Crippen molar-refractivity contribution in [3.05, 3.63) is 29.8 Å². The van der Waals surface area contributed by atoms with Gasteiger partial charge in [-0.1, -0.05) is 13.8 Å². The normalized spacial score (nSPS) is 9.86. The van der Waals surface area contributed by atoms with Gasteiger partial charge in [-0.2, -0.15) is 5.26 Å². The molecule has 0 aliphatic carbocycles. The van der Waals surface area contributed by atoms with Crippen molar-refractivity contribution < 1.29 is 4.74 Å². The highest BCUT2D eigenvalue weighted by Crippen LogP contribution is 2.12. The second-order valence-corrected chi connectivity index (χ2v) is 3.67. The van der Waals surface area contributed by atoms with Crippen LogP contribution in [0.15, 0.2) is 24.3 Å². The molecule has 0 aliphatic heterocycles. The highest BCUT2D eigenvalue weighted by molar-refractivity contribution is 5.34. The van der Waals surface area contributed by atoms with Crippen molar-refractivity contribution in [3.8, 4) is 11.8 Å². The van der Waals surface area contributed by atoms with Crippen LogP contribution in [0, 0.1) is 17.2 Å². The quantitative estimate of drug-likeness (QED) is 0.729. The molecule has 0 aromatic heterocycles. The predicted octanol–water partition coefficient (Wildman–Crippen LogP) is 2.98. The van der Waals surface area contributed by atoms with E-state index < -0.39 is 0 Å². The van der Waals surface area contributed by atoms with Crippen molar-refractivity contribution in [3.63, 3.8) is 0 Å². The topological polar surface area (TPSA) is 33.0 Å². The molecule has 0 amide bonds. The number of benzene rings is 1. The zero-order valence-electron chi connectivity index (χ0n) is 8.66. The third-order valence-electron chi connectivity index (χ3n) is 1.95. The van der Waals surface area contributed by atoms with Crippen molar-refractivity contribution in [1.82, 2.24) is 0 Å². The fourth-order valence-electron chi connectivity index (χ4n) is 1.04. The van der Waals surface area contributed by atoms with Crippen LogP contribution in [0.25, 0.3) is 0 Å². The van der Waals surface area contributed by atoms with Gasteiger partial charge in [0.15, 0.2) is 0 Å². The summed E-state index contributed by atoms with van der Waals surface area (Å²) in [7, 11) is 0. The van der Waals surface area contributed by atoms with E-state index in [0.29, 0.717) is 11.5 Å². The summed E-state index contributed by atoms with van der Waals surface area (Å²) in [5.41, 5.74) is 0.668. The summed E-state index contributed by atoms with van der Waals surface area (Å²) in [5, 5.41) is 8.59. The minimum atomic E-state index is 0.661. The summed E-state index contributed by atoms with van der Waals surface area (Å²) in [5.74, 6) is 1.50. The molecule has 14 heavy (non-hydrogen) atoms. The van der Waals surface area contributed by atoms with Gasteiger partial charge in [0.1, 0.15) is 5.75 Å². The van der Waals surface area contributed by atoms with E-state index in [1.54, 1.807) is 12.1 Å². The summed E-state index contributed by atoms with van der Waals surface area (Å²) >= 11 is 0. The van der Waals surface area contributed by atoms with Crippen LogP contribution in [0.5, 0.6) is 5.75 Å². The molecule has 1 aromatic rings. The maximum atomic E-state index is 8.59. The second kappa shape index (κ2) is 5.29. The Morgan fingerprint density at radius 2 is 1.93 bits per heavy atom. The summed E-state index contributed by atoms with van der Waals surface area (Å²) in [6, 6.07) is 9.27. The molecule has 0 unspecified atom stereocenters. The van der Waals surface area contributed by atoms with Gasteiger partial charge in [0, 0.05) is 0 Å². The maximum absolute atomic E-state index is 8.59. The largest absolute Gasteiger partial charge is 0.494 e. The molecule has 0 spiro atoms. The summed E-state index contributed by atoms with van der Waals surface area (Å²) in [6.07, 6.45) is 1.06. The highest BCUT2D eigenvalue weighted by atomic mass is 16.5. The lowest BCUT2D eigenvalue weighted by molar-refractivity contribution is 0.289. The number of hydrogen-bond acceptors (Lipinski definition) is 2. The smallest absolute Gasteiger partial charge is 0.119 e. The molecule has 0 N–H and O–H groups in total. The molecule has 0 fully saturated rings. The first-order chi connectivity index (χ1) is 6.72. The van der Waals surface area contributed by atoms with E-state index in [1.807, 2.05) is 12.1 Å². The Bertz CT molecular complexity index is 308. The zero-order valence-corrected chi connectivity index (χ0v) is 8.66. The summed E-state index contributed by atoms with van der Waals surface area (Å²) < 4.78 is 5.51. The van der Waals surface area contributed by atoms with E-state index in [9.17, 15) is 0 Å². The fraction of sp³-hybridized carbons (Fsp3) is 0.417. The molecule has 0 radical (unpaired) electrons. The summed E-state index contributed by atoms with van der Waals surface area (Å²) in [6.45, 7) is 5.08. The van der Waals surface area contributed by atoms with Crippen LogP contribution in [0.2, 0.25) is 0 Å². The maximum Gasteiger partial charge on any atom is 0.119 e. The minimum absolute atomic E-state index is 0.661. The Labute approximate surface area is 85.1 Å². The number of ether oxygens (including phenoxy) is 1. The van der Waals surface area contributed by atoms with Crippen LogP contribution in [0.1, 0.15) is 25.8 Å². The molecule has 1 aromatic carbocycles. The van der Waals surface area contributed by atoms with Gasteiger partial charge >= 0.3 is 0 Å².